The molecule has 3 rings (SSSR count). The first-order valence-electron chi connectivity index (χ1n) is 15.2. The van der Waals surface area contributed by atoms with Crippen LogP contribution in [0.1, 0.15) is 74.6 Å². The van der Waals surface area contributed by atoms with E-state index in [9.17, 15) is 19.5 Å². The van der Waals surface area contributed by atoms with Gasteiger partial charge >= 0.3 is 6.03 Å². The first-order chi connectivity index (χ1) is 20.5. The van der Waals surface area contributed by atoms with Crippen molar-refractivity contribution < 1.29 is 29.0 Å². The van der Waals surface area contributed by atoms with Gasteiger partial charge in [-0.2, -0.15) is 0 Å². The van der Waals surface area contributed by atoms with Gasteiger partial charge < -0.3 is 35.0 Å². The van der Waals surface area contributed by atoms with Crippen molar-refractivity contribution in [3.63, 3.8) is 0 Å². The van der Waals surface area contributed by atoms with Crippen LogP contribution in [0.5, 0.6) is 5.75 Å². The lowest BCUT2D eigenvalue weighted by Gasteiger charge is -2.36. The number of nitrogens with zero attached hydrogens (tertiary/aromatic N) is 2. The largest absolute Gasteiger partial charge is 0.490 e. The second kappa shape index (κ2) is 16.3. The van der Waals surface area contributed by atoms with Crippen molar-refractivity contribution in [2.45, 2.75) is 78.2 Å². The van der Waals surface area contributed by atoms with Gasteiger partial charge in [-0.25, -0.2) is 4.79 Å². The molecule has 0 aromatic heterocycles. The lowest BCUT2D eigenvalue weighted by atomic mass is 10.0. The van der Waals surface area contributed by atoms with E-state index in [4.69, 9.17) is 9.47 Å². The molecule has 0 unspecified atom stereocenters. The molecule has 1 aliphatic heterocycles. The molecule has 2 aromatic rings. The molecular formula is C33H48N4O6. The van der Waals surface area contributed by atoms with Crippen LogP contribution in [0.4, 0.5) is 10.5 Å². The van der Waals surface area contributed by atoms with Crippen molar-refractivity contribution in [3.8, 4) is 5.75 Å². The lowest BCUT2D eigenvalue weighted by Crippen LogP contribution is -2.49. The van der Waals surface area contributed by atoms with Gasteiger partial charge in [-0.1, -0.05) is 25.1 Å². The van der Waals surface area contributed by atoms with Crippen molar-refractivity contribution in [2.75, 3.05) is 38.7 Å². The summed E-state index contributed by atoms with van der Waals surface area (Å²) in [6.45, 7) is 10.5. The second-order valence-corrected chi connectivity index (χ2v) is 11.8. The van der Waals surface area contributed by atoms with Gasteiger partial charge in [-0.05, 0) is 77.3 Å². The highest BCUT2D eigenvalue weighted by Crippen LogP contribution is 2.29. The lowest BCUT2D eigenvalue weighted by molar-refractivity contribution is -0.0122. The Hall–Kier alpha value is -3.63. The van der Waals surface area contributed by atoms with Crippen molar-refractivity contribution in [1.82, 2.24) is 15.1 Å². The first kappa shape index (κ1) is 33.9. The number of anilines is 1. The highest BCUT2D eigenvalue weighted by molar-refractivity contribution is 6.05. The summed E-state index contributed by atoms with van der Waals surface area (Å²) in [7, 11) is 1.74. The maximum absolute atomic E-state index is 14.2. The standard InChI is InChI=1S/C33H48N4O6/c1-22(2)34-33(41)36(6)20-30-23(3)19-37(24(4)21-38)32(40)28-18-27(35-31(39)26-13-8-7-9-14-26)15-16-29(28)43-25(5)12-10-11-17-42-30/h7-9,13-16,18,22-25,30,38H,10-12,17,19-21H2,1-6H3,(H,34,41)(H,35,39)/t23-,24+,25+,30+/m0/s1. The molecule has 0 bridgehead atoms. The molecule has 0 aliphatic carbocycles. The number of rotatable bonds is 7. The minimum Gasteiger partial charge on any atom is -0.490 e. The Balaban J connectivity index is 1.94. The van der Waals surface area contributed by atoms with E-state index in [0.29, 0.717) is 35.7 Å². The summed E-state index contributed by atoms with van der Waals surface area (Å²) in [5, 5.41) is 15.9. The summed E-state index contributed by atoms with van der Waals surface area (Å²) in [6.07, 6.45) is 1.96. The monoisotopic (exact) mass is 596 g/mol. The molecule has 1 aliphatic rings. The number of nitrogens with one attached hydrogen (secondary N) is 2. The van der Waals surface area contributed by atoms with Crippen LogP contribution >= 0.6 is 0 Å². The summed E-state index contributed by atoms with van der Waals surface area (Å²) in [5.74, 6) is -0.358. The number of urea groups is 1. The Morgan fingerprint density at radius 3 is 2.49 bits per heavy atom. The Bertz CT molecular complexity index is 1210. The van der Waals surface area contributed by atoms with E-state index in [2.05, 4.69) is 10.6 Å². The van der Waals surface area contributed by atoms with Crippen molar-refractivity contribution in [2.24, 2.45) is 5.92 Å². The highest BCUT2D eigenvalue weighted by Gasteiger charge is 2.31. The zero-order chi connectivity index (χ0) is 31.5. The number of aliphatic hydroxyl groups excluding tert-OH is 1. The van der Waals surface area contributed by atoms with Gasteiger partial charge in [0.2, 0.25) is 0 Å². The minimum atomic E-state index is -0.502. The molecule has 4 atom stereocenters. The summed E-state index contributed by atoms with van der Waals surface area (Å²) >= 11 is 0. The maximum Gasteiger partial charge on any atom is 0.317 e. The third-order valence-electron chi connectivity index (χ3n) is 7.56. The molecule has 0 radical (unpaired) electrons. The molecule has 10 nitrogen and oxygen atoms in total. The molecule has 3 N–H and O–H groups in total. The summed E-state index contributed by atoms with van der Waals surface area (Å²) in [5.41, 5.74) is 1.26. The molecule has 0 spiro atoms. The van der Waals surface area contributed by atoms with Crippen LogP contribution in [-0.4, -0.2) is 90.4 Å². The predicted octanol–water partition coefficient (Wildman–Crippen LogP) is 4.78. The third kappa shape index (κ3) is 9.96. The van der Waals surface area contributed by atoms with E-state index in [1.54, 1.807) is 66.2 Å². The van der Waals surface area contributed by atoms with Gasteiger partial charge in [0.1, 0.15) is 5.75 Å². The number of aliphatic hydroxyl groups is 1. The highest BCUT2D eigenvalue weighted by atomic mass is 16.5. The van der Waals surface area contributed by atoms with Crippen LogP contribution in [0, 0.1) is 5.92 Å². The maximum atomic E-state index is 14.2. The molecular weight excluding hydrogens is 548 g/mol. The molecule has 4 amide bonds. The first-order valence-corrected chi connectivity index (χ1v) is 15.2. The smallest absolute Gasteiger partial charge is 0.317 e. The Morgan fingerprint density at radius 1 is 1.09 bits per heavy atom. The number of hydrogen-bond donors (Lipinski definition) is 3. The fraction of sp³-hybridized carbons (Fsp3) is 0.545. The van der Waals surface area contributed by atoms with E-state index in [1.807, 2.05) is 33.8 Å². The normalized spacial score (nSPS) is 20.8. The number of hydrogen-bond acceptors (Lipinski definition) is 6. The van der Waals surface area contributed by atoms with Crippen molar-refractivity contribution in [1.29, 1.82) is 0 Å². The predicted molar refractivity (Wildman–Crippen MR) is 168 cm³/mol. The molecule has 1 heterocycles. The van der Waals surface area contributed by atoms with E-state index < -0.39 is 6.04 Å². The van der Waals surface area contributed by atoms with Crippen LogP contribution in [0.25, 0.3) is 0 Å². The van der Waals surface area contributed by atoms with Crippen LogP contribution in [-0.2, 0) is 4.74 Å². The van der Waals surface area contributed by atoms with Gasteiger partial charge in [0.05, 0.1) is 30.4 Å². The SMILES string of the molecule is CC(C)NC(=O)N(C)C[C@H]1OCCCC[C@@H](C)Oc2ccc(NC(=O)c3ccccc3)cc2C(=O)N([C@H](C)CO)C[C@@H]1C. The second-order valence-electron chi connectivity index (χ2n) is 11.8. The number of likely N-dealkylation sites (N-methyl/N-ethyl adjacent to an activating group) is 1. The fourth-order valence-electron chi connectivity index (χ4n) is 4.97. The zero-order valence-corrected chi connectivity index (χ0v) is 26.3. The topological polar surface area (TPSA) is 120 Å². The van der Waals surface area contributed by atoms with Gasteiger partial charge in [-0.3, -0.25) is 9.59 Å². The molecule has 10 heteroatoms. The number of carbonyl (C=O) groups excluding carboxylic acids is 3. The van der Waals surface area contributed by atoms with E-state index >= 15 is 0 Å². The van der Waals surface area contributed by atoms with Crippen LogP contribution in [0.2, 0.25) is 0 Å². The average molecular weight is 597 g/mol. The number of carbonyl (C=O) groups is 3. The van der Waals surface area contributed by atoms with Gasteiger partial charge in [-0.15, -0.1) is 0 Å². The third-order valence-corrected chi connectivity index (χ3v) is 7.56. The number of benzene rings is 2. The molecule has 43 heavy (non-hydrogen) atoms. The van der Waals surface area contributed by atoms with E-state index in [1.165, 1.54) is 0 Å². The molecule has 0 fully saturated rings. The number of amides is 4. The number of ether oxygens (including phenoxy) is 2. The summed E-state index contributed by atoms with van der Waals surface area (Å²) in [6, 6.07) is 13.3. The summed E-state index contributed by atoms with van der Waals surface area (Å²) in [4.78, 5) is 43.0. The molecule has 236 valence electrons. The Kier molecular flexibility index (Phi) is 12.8. The summed E-state index contributed by atoms with van der Waals surface area (Å²) < 4.78 is 12.6. The average Bonchev–Trinajstić information content (AvgIpc) is 2.98. The van der Waals surface area contributed by atoms with Gasteiger partial charge in [0.15, 0.2) is 0 Å². The Labute approximate surface area is 255 Å². The fourth-order valence-corrected chi connectivity index (χ4v) is 4.97. The quantitative estimate of drug-likeness (QED) is 0.423. The van der Waals surface area contributed by atoms with Crippen LogP contribution in [0.15, 0.2) is 48.5 Å². The number of fused-ring (bicyclic) bond motifs is 1. The van der Waals surface area contributed by atoms with Gasteiger partial charge in [0.25, 0.3) is 11.8 Å². The van der Waals surface area contributed by atoms with E-state index in [0.717, 1.165) is 19.3 Å². The molecule has 0 saturated carbocycles. The molecule has 0 saturated heterocycles. The van der Waals surface area contributed by atoms with Crippen molar-refractivity contribution in [3.05, 3.63) is 59.7 Å². The van der Waals surface area contributed by atoms with Crippen molar-refractivity contribution >= 4 is 23.5 Å². The van der Waals surface area contributed by atoms with Crippen LogP contribution in [0.3, 0.4) is 0 Å². The minimum absolute atomic E-state index is 0.00227. The van der Waals surface area contributed by atoms with E-state index in [-0.39, 0.29) is 55.2 Å². The van der Waals surface area contributed by atoms with Crippen LogP contribution < -0.4 is 15.4 Å². The Morgan fingerprint density at radius 2 is 1.81 bits per heavy atom. The zero-order valence-electron chi connectivity index (χ0n) is 26.3. The molecule has 2 aromatic carbocycles. The van der Waals surface area contributed by atoms with Gasteiger partial charge in [0, 0.05) is 50.0 Å².